The van der Waals surface area contributed by atoms with Crippen molar-refractivity contribution in [1.29, 1.82) is 0 Å². The maximum atomic E-state index is 12.7. The zero-order valence-corrected chi connectivity index (χ0v) is 18.3. The van der Waals surface area contributed by atoms with Gasteiger partial charge in [0, 0.05) is 61.9 Å². The summed E-state index contributed by atoms with van der Waals surface area (Å²) in [5, 5.41) is 3.04. The Bertz CT molecular complexity index is 907. The molecule has 2 aliphatic rings. The number of rotatable bonds is 6. The number of aryl methyl sites for hydroxylation is 1. The number of hydrogen-bond acceptors (Lipinski definition) is 4. The number of nitrogens with zero attached hydrogens (tertiary/aromatic N) is 2. The van der Waals surface area contributed by atoms with Crippen LogP contribution < -0.4 is 5.32 Å². The predicted molar refractivity (Wildman–Crippen MR) is 123 cm³/mol. The molecule has 2 aliphatic heterocycles. The summed E-state index contributed by atoms with van der Waals surface area (Å²) in [6.45, 7) is 6.75. The molecule has 2 aromatic rings. The molecule has 0 radical (unpaired) electrons. The van der Waals surface area contributed by atoms with E-state index in [0.29, 0.717) is 18.5 Å². The van der Waals surface area contributed by atoms with E-state index in [0.717, 1.165) is 49.4 Å². The van der Waals surface area contributed by atoms with Crippen molar-refractivity contribution in [1.82, 2.24) is 9.80 Å². The van der Waals surface area contributed by atoms with E-state index in [1.165, 1.54) is 17.1 Å². The molecule has 0 spiro atoms. The third-order valence-electron chi connectivity index (χ3n) is 5.81. The van der Waals surface area contributed by atoms with Crippen molar-refractivity contribution in [3.8, 4) is 0 Å². The molecule has 0 aliphatic carbocycles. The van der Waals surface area contributed by atoms with Crippen LogP contribution in [0.3, 0.4) is 0 Å². The highest BCUT2D eigenvalue weighted by molar-refractivity contribution is 7.99. The highest BCUT2D eigenvalue weighted by Crippen LogP contribution is 2.21. The van der Waals surface area contributed by atoms with E-state index in [1.54, 1.807) is 0 Å². The third-order valence-corrected chi connectivity index (χ3v) is 6.75. The number of carbonyl (C=O) groups excluding carboxylic acids is 2. The maximum absolute atomic E-state index is 12.7. The zero-order valence-electron chi connectivity index (χ0n) is 17.5. The van der Waals surface area contributed by atoms with Crippen molar-refractivity contribution < 1.29 is 9.59 Å². The van der Waals surface area contributed by atoms with Gasteiger partial charge in [-0.2, -0.15) is 11.8 Å². The number of nitrogens with one attached hydrogen (secondary N) is 1. The van der Waals surface area contributed by atoms with E-state index in [2.05, 4.69) is 22.3 Å². The summed E-state index contributed by atoms with van der Waals surface area (Å²) < 4.78 is 0. The molecular weight excluding hydrogens is 394 g/mol. The van der Waals surface area contributed by atoms with Gasteiger partial charge in [-0.1, -0.05) is 24.3 Å². The molecule has 30 heavy (non-hydrogen) atoms. The highest BCUT2D eigenvalue weighted by Gasteiger charge is 2.20. The van der Waals surface area contributed by atoms with Gasteiger partial charge >= 0.3 is 0 Å². The number of anilines is 1. The van der Waals surface area contributed by atoms with Crippen LogP contribution in [0.4, 0.5) is 5.69 Å². The Labute approximate surface area is 182 Å². The Morgan fingerprint density at radius 1 is 1.00 bits per heavy atom. The number of carbonyl (C=O) groups is 2. The SMILES string of the molecule is Cc1cc(CN2CCSCC2)ccc1NC(=O)c1ccc(CN2CCCC2=O)cc1. The number of likely N-dealkylation sites (tertiary alicyclic amines) is 1. The van der Waals surface area contributed by atoms with Crippen molar-refractivity contribution >= 4 is 29.3 Å². The van der Waals surface area contributed by atoms with Gasteiger partial charge in [-0.25, -0.2) is 0 Å². The predicted octanol–water partition coefficient (Wildman–Crippen LogP) is 3.92. The van der Waals surface area contributed by atoms with E-state index in [-0.39, 0.29) is 11.8 Å². The van der Waals surface area contributed by atoms with Crippen LogP contribution in [-0.4, -0.2) is 52.8 Å². The van der Waals surface area contributed by atoms with E-state index >= 15 is 0 Å². The van der Waals surface area contributed by atoms with Gasteiger partial charge in [-0.05, 0) is 48.2 Å². The standard InChI is InChI=1S/C24H29N3O2S/c1-18-15-20(16-26-11-13-30-14-12-26)6-9-22(18)25-24(29)21-7-4-19(5-8-21)17-27-10-2-3-23(27)28/h4-9,15H,2-3,10-14,16-17H2,1H3,(H,25,29). The van der Waals surface area contributed by atoms with Crippen molar-refractivity contribution in [2.24, 2.45) is 0 Å². The molecule has 2 heterocycles. The smallest absolute Gasteiger partial charge is 0.255 e. The lowest BCUT2D eigenvalue weighted by molar-refractivity contribution is -0.128. The first-order valence-corrected chi connectivity index (χ1v) is 11.8. The van der Waals surface area contributed by atoms with Gasteiger partial charge in [0.15, 0.2) is 0 Å². The van der Waals surface area contributed by atoms with E-state index in [9.17, 15) is 9.59 Å². The van der Waals surface area contributed by atoms with Crippen LogP contribution in [0.5, 0.6) is 0 Å². The minimum absolute atomic E-state index is 0.109. The van der Waals surface area contributed by atoms with E-state index in [1.807, 2.05) is 53.9 Å². The highest BCUT2D eigenvalue weighted by atomic mass is 32.2. The molecule has 1 N–H and O–H groups in total. The Morgan fingerprint density at radius 2 is 1.73 bits per heavy atom. The molecule has 2 fully saturated rings. The molecule has 0 aromatic heterocycles. The number of amides is 2. The van der Waals surface area contributed by atoms with Crippen molar-refractivity contribution in [3.63, 3.8) is 0 Å². The molecule has 2 aromatic carbocycles. The quantitative estimate of drug-likeness (QED) is 0.765. The average Bonchev–Trinajstić information content (AvgIpc) is 3.15. The summed E-state index contributed by atoms with van der Waals surface area (Å²) in [6, 6.07) is 13.8. The fourth-order valence-corrected chi connectivity index (χ4v) is 5.01. The van der Waals surface area contributed by atoms with Crippen LogP contribution in [0.2, 0.25) is 0 Å². The zero-order chi connectivity index (χ0) is 20.9. The lowest BCUT2D eigenvalue weighted by Crippen LogP contribution is -2.31. The second-order valence-corrected chi connectivity index (χ2v) is 9.33. The topological polar surface area (TPSA) is 52.7 Å². The van der Waals surface area contributed by atoms with Gasteiger partial charge in [0.25, 0.3) is 5.91 Å². The maximum Gasteiger partial charge on any atom is 0.255 e. The molecule has 0 bridgehead atoms. The van der Waals surface area contributed by atoms with Gasteiger partial charge in [-0.3, -0.25) is 14.5 Å². The second kappa shape index (κ2) is 9.67. The molecule has 158 valence electrons. The molecule has 4 rings (SSSR count). The lowest BCUT2D eigenvalue weighted by atomic mass is 10.1. The van der Waals surface area contributed by atoms with Gasteiger partial charge in [-0.15, -0.1) is 0 Å². The second-order valence-electron chi connectivity index (χ2n) is 8.11. The van der Waals surface area contributed by atoms with E-state index in [4.69, 9.17) is 0 Å². The van der Waals surface area contributed by atoms with Gasteiger partial charge in [0.1, 0.15) is 0 Å². The average molecular weight is 424 g/mol. The van der Waals surface area contributed by atoms with Crippen LogP contribution in [-0.2, 0) is 17.9 Å². The molecule has 6 heteroatoms. The summed E-state index contributed by atoms with van der Waals surface area (Å²) in [7, 11) is 0. The normalized spacial score (nSPS) is 17.4. The largest absolute Gasteiger partial charge is 0.338 e. The molecule has 0 saturated carbocycles. The number of thioether (sulfide) groups is 1. The first-order valence-electron chi connectivity index (χ1n) is 10.7. The van der Waals surface area contributed by atoms with Crippen molar-refractivity contribution in [2.75, 3.05) is 36.5 Å². The Kier molecular flexibility index (Phi) is 6.75. The fourth-order valence-electron chi connectivity index (χ4n) is 4.03. The fraction of sp³-hybridized carbons (Fsp3) is 0.417. The molecule has 0 unspecified atom stereocenters. The lowest BCUT2D eigenvalue weighted by Gasteiger charge is -2.26. The van der Waals surface area contributed by atoms with Crippen LogP contribution in [0.15, 0.2) is 42.5 Å². The van der Waals surface area contributed by atoms with Gasteiger partial charge in [0.2, 0.25) is 5.91 Å². The van der Waals surface area contributed by atoms with Gasteiger partial charge < -0.3 is 10.2 Å². The number of benzene rings is 2. The number of hydrogen-bond donors (Lipinski definition) is 1. The van der Waals surface area contributed by atoms with E-state index < -0.39 is 0 Å². The summed E-state index contributed by atoms with van der Waals surface area (Å²) in [4.78, 5) is 28.8. The molecule has 2 amide bonds. The summed E-state index contributed by atoms with van der Waals surface area (Å²) in [6.07, 6.45) is 1.59. The molecule has 0 atom stereocenters. The van der Waals surface area contributed by atoms with Crippen molar-refractivity contribution in [3.05, 3.63) is 64.7 Å². The minimum Gasteiger partial charge on any atom is -0.338 e. The van der Waals surface area contributed by atoms with Crippen LogP contribution in [0.25, 0.3) is 0 Å². The first-order chi connectivity index (χ1) is 14.6. The Hall–Kier alpha value is -2.31. The molecular formula is C24H29N3O2S. The Morgan fingerprint density at radius 3 is 2.40 bits per heavy atom. The van der Waals surface area contributed by atoms with Gasteiger partial charge in [0.05, 0.1) is 0 Å². The summed E-state index contributed by atoms with van der Waals surface area (Å²) >= 11 is 2.02. The van der Waals surface area contributed by atoms with Crippen LogP contribution >= 0.6 is 11.8 Å². The molecule has 2 saturated heterocycles. The Balaban J connectivity index is 1.35. The monoisotopic (exact) mass is 423 g/mol. The summed E-state index contributed by atoms with van der Waals surface area (Å²) in [5.74, 6) is 2.53. The van der Waals surface area contributed by atoms with Crippen LogP contribution in [0, 0.1) is 6.92 Å². The molecule has 5 nitrogen and oxygen atoms in total. The minimum atomic E-state index is -0.109. The third kappa shape index (κ3) is 5.24. The van der Waals surface area contributed by atoms with Crippen molar-refractivity contribution in [2.45, 2.75) is 32.9 Å². The van der Waals surface area contributed by atoms with Crippen LogP contribution in [0.1, 0.15) is 39.9 Å². The summed E-state index contributed by atoms with van der Waals surface area (Å²) in [5.41, 5.74) is 4.90. The first kappa shape index (κ1) is 20.9.